The molecule has 0 unspecified atom stereocenters. The fraction of sp³-hybridized carbons (Fsp3) is 0.182. The summed E-state index contributed by atoms with van der Waals surface area (Å²) in [7, 11) is -3.39. The average Bonchev–Trinajstić information content (AvgIpc) is 2.66. The van der Waals surface area contributed by atoms with Crippen molar-refractivity contribution in [2.45, 2.75) is 19.4 Å². The number of carbonyl (C=O) groups excluding carboxylic acids is 2. The van der Waals surface area contributed by atoms with Crippen molar-refractivity contribution >= 4 is 38.2 Å². The van der Waals surface area contributed by atoms with Crippen LogP contribution >= 0.6 is 0 Å². The maximum absolute atomic E-state index is 12.5. The van der Waals surface area contributed by atoms with E-state index in [4.69, 9.17) is 4.74 Å². The summed E-state index contributed by atoms with van der Waals surface area (Å²) in [5.74, 6) is -0.848. The molecule has 29 heavy (non-hydrogen) atoms. The van der Waals surface area contributed by atoms with Crippen molar-refractivity contribution in [2.75, 3.05) is 11.0 Å². The SMILES string of the molecule is C[C@@H](OC(=O)Cc1ccc2ccccc2c1)C(=O)c1ccc(NS(C)(=O)=O)cc1. The minimum Gasteiger partial charge on any atom is -0.454 e. The van der Waals surface area contributed by atoms with Crippen LogP contribution in [0.3, 0.4) is 0 Å². The highest BCUT2D eigenvalue weighted by Crippen LogP contribution is 2.17. The Morgan fingerprint density at radius 1 is 0.966 bits per heavy atom. The minimum absolute atomic E-state index is 0.0691. The van der Waals surface area contributed by atoms with Crippen LogP contribution in [0.4, 0.5) is 5.69 Å². The van der Waals surface area contributed by atoms with E-state index >= 15 is 0 Å². The minimum atomic E-state index is -3.39. The van der Waals surface area contributed by atoms with Gasteiger partial charge in [0.1, 0.15) is 0 Å². The lowest BCUT2D eigenvalue weighted by molar-refractivity contribution is -0.145. The predicted molar refractivity (Wildman–Crippen MR) is 112 cm³/mol. The second-order valence-corrected chi connectivity index (χ2v) is 8.55. The maximum atomic E-state index is 12.5. The molecule has 3 aromatic carbocycles. The van der Waals surface area contributed by atoms with Crippen molar-refractivity contribution < 1.29 is 22.7 Å². The average molecular weight is 411 g/mol. The predicted octanol–water partition coefficient (Wildman–Crippen LogP) is 3.57. The molecule has 6 nitrogen and oxygen atoms in total. The first-order valence-corrected chi connectivity index (χ1v) is 10.9. The van der Waals surface area contributed by atoms with E-state index < -0.39 is 22.1 Å². The van der Waals surface area contributed by atoms with Crippen molar-refractivity contribution in [3.05, 3.63) is 77.9 Å². The highest BCUT2D eigenvalue weighted by Gasteiger charge is 2.20. The van der Waals surface area contributed by atoms with E-state index in [0.29, 0.717) is 11.3 Å². The molecule has 0 radical (unpaired) electrons. The number of sulfonamides is 1. The summed E-state index contributed by atoms with van der Waals surface area (Å²) in [6.07, 6.45) is 0.166. The summed E-state index contributed by atoms with van der Waals surface area (Å²) in [6, 6.07) is 19.5. The van der Waals surface area contributed by atoms with Crippen LogP contribution in [-0.4, -0.2) is 32.5 Å². The molecule has 0 aliphatic rings. The summed E-state index contributed by atoms with van der Waals surface area (Å²) in [5.41, 5.74) is 1.49. The van der Waals surface area contributed by atoms with Gasteiger partial charge in [0.05, 0.1) is 12.7 Å². The maximum Gasteiger partial charge on any atom is 0.310 e. The van der Waals surface area contributed by atoms with Crippen molar-refractivity contribution in [2.24, 2.45) is 0 Å². The largest absolute Gasteiger partial charge is 0.454 e. The molecule has 3 aromatic rings. The van der Waals surface area contributed by atoms with Gasteiger partial charge in [0, 0.05) is 11.3 Å². The van der Waals surface area contributed by atoms with E-state index in [9.17, 15) is 18.0 Å². The monoisotopic (exact) mass is 411 g/mol. The zero-order chi connectivity index (χ0) is 21.0. The van der Waals surface area contributed by atoms with Gasteiger partial charge in [-0.15, -0.1) is 0 Å². The third kappa shape index (κ3) is 5.65. The van der Waals surface area contributed by atoms with E-state index in [1.54, 1.807) is 0 Å². The van der Waals surface area contributed by atoms with Crippen LogP contribution in [0.1, 0.15) is 22.8 Å². The number of hydrogen-bond acceptors (Lipinski definition) is 5. The smallest absolute Gasteiger partial charge is 0.310 e. The standard InChI is InChI=1S/C22H21NO5S/c1-15(22(25)18-9-11-20(12-10-18)23-29(2,26)27)28-21(24)14-16-7-8-17-5-3-4-6-19(17)13-16/h3-13,15,23H,14H2,1-2H3/t15-/m1/s1. The molecule has 0 saturated carbocycles. The van der Waals surface area contributed by atoms with E-state index in [2.05, 4.69) is 4.72 Å². The molecule has 0 saturated heterocycles. The van der Waals surface area contributed by atoms with E-state index in [1.165, 1.54) is 31.2 Å². The van der Waals surface area contributed by atoms with E-state index in [-0.39, 0.29) is 12.2 Å². The molecule has 0 aliphatic heterocycles. The van der Waals surface area contributed by atoms with Gasteiger partial charge in [-0.2, -0.15) is 0 Å². The topological polar surface area (TPSA) is 89.5 Å². The number of fused-ring (bicyclic) bond motifs is 1. The lowest BCUT2D eigenvalue weighted by Gasteiger charge is -2.13. The Morgan fingerprint density at radius 3 is 2.28 bits per heavy atom. The normalized spacial score (nSPS) is 12.3. The number of Topliss-reactive ketones (excluding diaryl/α,β-unsaturated/α-hetero) is 1. The zero-order valence-corrected chi connectivity index (χ0v) is 16.9. The van der Waals surface area contributed by atoms with Crippen LogP contribution in [0.25, 0.3) is 10.8 Å². The van der Waals surface area contributed by atoms with Crippen LogP contribution in [0.15, 0.2) is 66.7 Å². The third-order valence-electron chi connectivity index (χ3n) is 4.31. The number of ether oxygens (including phenoxy) is 1. The number of esters is 1. The van der Waals surface area contributed by atoms with E-state index in [1.807, 2.05) is 42.5 Å². The zero-order valence-electron chi connectivity index (χ0n) is 16.1. The number of ketones is 1. The van der Waals surface area contributed by atoms with Crippen LogP contribution in [0, 0.1) is 0 Å². The molecule has 150 valence electrons. The molecule has 0 amide bonds. The second kappa shape index (κ2) is 8.45. The molecule has 0 bridgehead atoms. The Kier molecular flexibility index (Phi) is 5.98. The fourth-order valence-corrected chi connectivity index (χ4v) is 3.52. The molecular weight excluding hydrogens is 390 g/mol. The molecule has 0 heterocycles. The molecule has 7 heteroatoms. The van der Waals surface area contributed by atoms with Gasteiger partial charge in [-0.05, 0) is 47.5 Å². The lowest BCUT2D eigenvalue weighted by Crippen LogP contribution is -2.25. The third-order valence-corrected chi connectivity index (χ3v) is 4.92. The number of hydrogen-bond donors (Lipinski definition) is 1. The summed E-state index contributed by atoms with van der Waals surface area (Å²) in [5, 5.41) is 2.12. The number of rotatable bonds is 7. The van der Waals surface area contributed by atoms with Gasteiger partial charge in [0.15, 0.2) is 6.10 Å². The Labute approximate surface area is 169 Å². The van der Waals surface area contributed by atoms with Gasteiger partial charge < -0.3 is 4.74 Å². The highest BCUT2D eigenvalue weighted by atomic mass is 32.2. The van der Waals surface area contributed by atoms with Gasteiger partial charge in [0.2, 0.25) is 15.8 Å². The molecule has 0 fully saturated rings. The van der Waals surface area contributed by atoms with Crippen LogP contribution in [-0.2, 0) is 26.0 Å². The summed E-state index contributed by atoms with van der Waals surface area (Å²) < 4.78 is 30.1. The van der Waals surface area contributed by atoms with Crippen molar-refractivity contribution in [1.82, 2.24) is 0 Å². The summed E-state index contributed by atoms with van der Waals surface area (Å²) >= 11 is 0. The number of nitrogens with one attached hydrogen (secondary N) is 1. The Bertz CT molecular complexity index is 1150. The first kappa shape index (κ1) is 20.5. The molecule has 0 aliphatic carbocycles. The van der Waals surface area contributed by atoms with Gasteiger partial charge in [-0.25, -0.2) is 8.42 Å². The van der Waals surface area contributed by atoms with Crippen molar-refractivity contribution in [3.8, 4) is 0 Å². The first-order chi connectivity index (χ1) is 13.7. The fourth-order valence-electron chi connectivity index (χ4n) is 2.96. The molecule has 1 atom stereocenters. The van der Waals surface area contributed by atoms with Crippen molar-refractivity contribution in [1.29, 1.82) is 0 Å². The van der Waals surface area contributed by atoms with E-state index in [0.717, 1.165) is 22.6 Å². The lowest BCUT2D eigenvalue weighted by atomic mass is 10.0. The van der Waals surface area contributed by atoms with Gasteiger partial charge in [-0.1, -0.05) is 42.5 Å². The summed E-state index contributed by atoms with van der Waals surface area (Å²) in [4.78, 5) is 24.7. The Balaban J connectivity index is 1.61. The number of benzene rings is 3. The van der Waals surface area contributed by atoms with Crippen LogP contribution < -0.4 is 4.72 Å². The molecule has 1 N–H and O–H groups in total. The Morgan fingerprint density at radius 2 is 1.62 bits per heavy atom. The summed E-state index contributed by atoms with van der Waals surface area (Å²) in [6.45, 7) is 1.52. The second-order valence-electron chi connectivity index (χ2n) is 6.81. The number of carbonyl (C=O) groups is 2. The molecule has 3 rings (SSSR count). The molecule has 0 aromatic heterocycles. The van der Waals surface area contributed by atoms with Crippen LogP contribution in [0.5, 0.6) is 0 Å². The quantitative estimate of drug-likeness (QED) is 0.474. The van der Waals surface area contributed by atoms with Gasteiger partial charge in [0.25, 0.3) is 0 Å². The molecular formula is C22H21NO5S. The number of anilines is 1. The van der Waals surface area contributed by atoms with Gasteiger partial charge >= 0.3 is 5.97 Å². The molecule has 0 spiro atoms. The Hall–Kier alpha value is -3.19. The first-order valence-electron chi connectivity index (χ1n) is 9.00. The highest BCUT2D eigenvalue weighted by molar-refractivity contribution is 7.92. The van der Waals surface area contributed by atoms with Crippen LogP contribution in [0.2, 0.25) is 0 Å². The van der Waals surface area contributed by atoms with Crippen molar-refractivity contribution in [3.63, 3.8) is 0 Å². The van der Waals surface area contributed by atoms with Gasteiger partial charge in [-0.3, -0.25) is 14.3 Å².